The fourth-order valence-corrected chi connectivity index (χ4v) is 3.32. The van der Waals surface area contributed by atoms with Gasteiger partial charge in [-0.15, -0.1) is 0 Å². The summed E-state index contributed by atoms with van der Waals surface area (Å²) >= 11 is 0. The first-order chi connectivity index (χ1) is 13.3. The van der Waals surface area contributed by atoms with E-state index >= 15 is 0 Å². The van der Waals surface area contributed by atoms with Crippen LogP contribution in [0.4, 0.5) is 11.6 Å². The number of hydrogen-bond donors (Lipinski definition) is 1. The SMILES string of the molecule is O=C(c1ncccn1)N1CCC[C@@H](c2ccnc(Nc3ccccn3)c2)C1. The van der Waals surface area contributed by atoms with Crippen molar-refractivity contribution in [3.8, 4) is 0 Å². The first kappa shape index (κ1) is 17.1. The molecule has 1 N–H and O–H groups in total. The molecular formula is C20H20N6O. The van der Waals surface area contributed by atoms with Crippen molar-refractivity contribution < 1.29 is 4.79 Å². The quantitative estimate of drug-likeness (QED) is 0.770. The molecule has 1 saturated heterocycles. The first-order valence-corrected chi connectivity index (χ1v) is 9.00. The van der Waals surface area contributed by atoms with Crippen LogP contribution in [-0.2, 0) is 0 Å². The van der Waals surface area contributed by atoms with Gasteiger partial charge in [0.1, 0.15) is 11.6 Å². The Hall–Kier alpha value is -3.35. The Morgan fingerprint density at radius 2 is 1.78 bits per heavy atom. The van der Waals surface area contributed by atoms with Crippen LogP contribution in [-0.4, -0.2) is 43.8 Å². The summed E-state index contributed by atoms with van der Waals surface area (Å²) in [6.45, 7) is 1.39. The molecule has 1 aliphatic rings. The topological polar surface area (TPSA) is 83.9 Å². The number of likely N-dealkylation sites (tertiary alicyclic amines) is 1. The number of rotatable bonds is 4. The number of carbonyl (C=O) groups is 1. The average Bonchev–Trinajstić information content (AvgIpc) is 2.75. The van der Waals surface area contributed by atoms with Crippen LogP contribution in [0.2, 0.25) is 0 Å². The molecule has 0 aliphatic carbocycles. The van der Waals surface area contributed by atoms with E-state index in [1.807, 2.05) is 35.2 Å². The van der Waals surface area contributed by atoms with Crippen LogP contribution in [0.15, 0.2) is 61.2 Å². The molecule has 4 rings (SSSR count). The van der Waals surface area contributed by atoms with Crippen LogP contribution in [0.1, 0.15) is 34.9 Å². The third-order valence-corrected chi connectivity index (χ3v) is 4.64. The van der Waals surface area contributed by atoms with E-state index in [0.29, 0.717) is 6.54 Å². The van der Waals surface area contributed by atoms with Gasteiger partial charge < -0.3 is 10.2 Å². The van der Waals surface area contributed by atoms with Gasteiger partial charge in [-0.2, -0.15) is 0 Å². The van der Waals surface area contributed by atoms with Crippen molar-refractivity contribution >= 4 is 17.5 Å². The predicted octanol–water partition coefficient (Wildman–Crippen LogP) is 3.03. The van der Waals surface area contributed by atoms with Crippen LogP contribution in [0.5, 0.6) is 0 Å². The molecule has 1 atom stereocenters. The van der Waals surface area contributed by atoms with Crippen molar-refractivity contribution in [2.75, 3.05) is 18.4 Å². The zero-order valence-corrected chi connectivity index (χ0v) is 14.8. The first-order valence-electron chi connectivity index (χ1n) is 9.00. The van der Waals surface area contributed by atoms with Gasteiger partial charge in [0, 0.05) is 43.8 Å². The van der Waals surface area contributed by atoms with Crippen LogP contribution < -0.4 is 5.32 Å². The van der Waals surface area contributed by atoms with Gasteiger partial charge >= 0.3 is 0 Å². The van der Waals surface area contributed by atoms with E-state index < -0.39 is 0 Å². The molecule has 3 aromatic rings. The van der Waals surface area contributed by atoms with Gasteiger partial charge in [-0.25, -0.2) is 19.9 Å². The normalized spacial score (nSPS) is 16.7. The number of carbonyl (C=O) groups excluding carboxylic acids is 1. The summed E-state index contributed by atoms with van der Waals surface area (Å²) in [5.74, 6) is 1.91. The number of hydrogen-bond acceptors (Lipinski definition) is 6. The highest BCUT2D eigenvalue weighted by molar-refractivity contribution is 5.90. The Morgan fingerprint density at radius 3 is 2.59 bits per heavy atom. The Morgan fingerprint density at radius 1 is 0.963 bits per heavy atom. The van der Waals surface area contributed by atoms with E-state index in [2.05, 4.69) is 25.3 Å². The second-order valence-corrected chi connectivity index (χ2v) is 6.48. The summed E-state index contributed by atoms with van der Waals surface area (Å²) < 4.78 is 0. The van der Waals surface area contributed by atoms with Crippen LogP contribution in [0, 0.1) is 0 Å². The van der Waals surface area contributed by atoms with Crippen LogP contribution in [0.3, 0.4) is 0 Å². The smallest absolute Gasteiger partial charge is 0.291 e. The second kappa shape index (κ2) is 7.90. The summed E-state index contributed by atoms with van der Waals surface area (Å²) in [7, 11) is 0. The molecule has 0 radical (unpaired) electrons. The maximum atomic E-state index is 12.7. The molecule has 4 heterocycles. The predicted molar refractivity (Wildman–Crippen MR) is 102 cm³/mol. The number of piperidine rings is 1. The molecule has 7 nitrogen and oxygen atoms in total. The fraction of sp³-hybridized carbons (Fsp3) is 0.250. The maximum absolute atomic E-state index is 12.7. The maximum Gasteiger partial charge on any atom is 0.291 e. The zero-order chi connectivity index (χ0) is 18.5. The highest BCUT2D eigenvalue weighted by Gasteiger charge is 2.27. The second-order valence-electron chi connectivity index (χ2n) is 6.48. The lowest BCUT2D eigenvalue weighted by atomic mass is 9.91. The molecule has 0 saturated carbocycles. The minimum atomic E-state index is -0.110. The van der Waals surface area contributed by atoms with Gasteiger partial charge in [-0.1, -0.05) is 6.07 Å². The van der Waals surface area contributed by atoms with Gasteiger partial charge in [0.15, 0.2) is 0 Å². The minimum absolute atomic E-state index is 0.110. The molecule has 1 amide bonds. The lowest BCUT2D eigenvalue weighted by molar-refractivity contribution is 0.0694. The summed E-state index contributed by atoms with van der Waals surface area (Å²) in [5.41, 5.74) is 1.16. The van der Waals surface area contributed by atoms with E-state index in [1.54, 1.807) is 30.9 Å². The number of anilines is 2. The van der Waals surface area contributed by atoms with Crippen molar-refractivity contribution in [3.63, 3.8) is 0 Å². The minimum Gasteiger partial charge on any atom is -0.335 e. The molecule has 7 heteroatoms. The van der Waals surface area contributed by atoms with Crippen molar-refractivity contribution in [1.82, 2.24) is 24.8 Å². The third-order valence-electron chi connectivity index (χ3n) is 4.64. The molecule has 0 aromatic carbocycles. The summed E-state index contributed by atoms with van der Waals surface area (Å²) in [6, 6.07) is 11.5. The van der Waals surface area contributed by atoms with Crippen molar-refractivity contribution in [1.29, 1.82) is 0 Å². The molecule has 27 heavy (non-hydrogen) atoms. The average molecular weight is 360 g/mol. The summed E-state index contributed by atoms with van der Waals surface area (Å²) in [5, 5.41) is 3.22. The zero-order valence-electron chi connectivity index (χ0n) is 14.8. The molecule has 1 fully saturated rings. The fourth-order valence-electron chi connectivity index (χ4n) is 3.32. The number of aromatic nitrogens is 4. The lowest BCUT2D eigenvalue weighted by Crippen LogP contribution is -2.39. The highest BCUT2D eigenvalue weighted by Crippen LogP contribution is 2.28. The van der Waals surface area contributed by atoms with E-state index in [0.717, 1.165) is 36.6 Å². The van der Waals surface area contributed by atoms with E-state index in [-0.39, 0.29) is 17.6 Å². The molecule has 1 aliphatic heterocycles. The van der Waals surface area contributed by atoms with Gasteiger partial charge in [-0.3, -0.25) is 4.79 Å². The van der Waals surface area contributed by atoms with Gasteiger partial charge in [-0.05, 0) is 48.7 Å². The Labute approximate surface area is 157 Å². The Balaban J connectivity index is 1.48. The van der Waals surface area contributed by atoms with E-state index in [9.17, 15) is 4.79 Å². The molecule has 0 spiro atoms. The molecule has 3 aromatic heterocycles. The molecule has 0 unspecified atom stereocenters. The third kappa shape index (κ3) is 4.08. The van der Waals surface area contributed by atoms with E-state index in [1.165, 1.54) is 0 Å². The Kier molecular flexibility index (Phi) is 5.00. The summed E-state index contributed by atoms with van der Waals surface area (Å²) in [4.78, 5) is 31.3. The monoisotopic (exact) mass is 360 g/mol. The van der Waals surface area contributed by atoms with E-state index in [4.69, 9.17) is 0 Å². The van der Waals surface area contributed by atoms with Gasteiger partial charge in [0.25, 0.3) is 5.91 Å². The molecular weight excluding hydrogens is 340 g/mol. The Bertz CT molecular complexity index is 903. The van der Waals surface area contributed by atoms with Crippen molar-refractivity contribution in [2.45, 2.75) is 18.8 Å². The summed E-state index contributed by atoms with van der Waals surface area (Å²) in [6.07, 6.45) is 8.71. The largest absolute Gasteiger partial charge is 0.335 e. The highest BCUT2D eigenvalue weighted by atomic mass is 16.2. The standard InChI is InChI=1S/C20H20N6O/c27-20(19-23-9-4-10-24-19)26-12-3-5-16(14-26)15-7-11-22-18(13-15)25-17-6-1-2-8-21-17/h1-2,4,6-11,13,16H,3,5,12,14H2,(H,21,22,25)/t16-/m1/s1. The molecule has 136 valence electrons. The number of amides is 1. The van der Waals surface area contributed by atoms with Crippen molar-refractivity contribution in [2.24, 2.45) is 0 Å². The van der Waals surface area contributed by atoms with Crippen LogP contribution >= 0.6 is 0 Å². The number of nitrogens with zero attached hydrogens (tertiary/aromatic N) is 5. The van der Waals surface area contributed by atoms with Gasteiger partial charge in [0.05, 0.1) is 0 Å². The molecule has 0 bridgehead atoms. The number of nitrogens with one attached hydrogen (secondary N) is 1. The van der Waals surface area contributed by atoms with Crippen molar-refractivity contribution in [3.05, 3.63) is 72.6 Å². The number of pyridine rings is 2. The van der Waals surface area contributed by atoms with Gasteiger partial charge in [0.2, 0.25) is 5.82 Å². The lowest BCUT2D eigenvalue weighted by Gasteiger charge is -2.32. The van der Waals surface area contributed by atoms with Crippen LogP contribution in [0.25, 0.3) is 0 Å².